The Morgan fingerprint density at radius 1 is 1.07 bits per heavy atom. The van der Waals surface area contributed by atoms with Crippen LogP contribution in [0.25, 0.3) is 0 Å². The number of nitrogens with one attached hydrogen (secondary N) is 1. The topological polar surface area (TPSA) is 64.1 Å². The number of nitrogen functional groups attached to an aromatic ring is 2. The number of hydrogen-bond acceptors (Lipinski definition) is 3. The predicted molar refractivity (Wildman–Crippen MR) is 64.2 cm³/mol. The summed E-state index contributed by atoms with van der Waals surface area (Å²) in [6.07, 6.45) is 0. The summed E-state index contributed by atoms with van der Waals surface area (Å²) in [5.74, 6) is 5.34. The summed E-state index contributed by atoms with van der Waals surface area (Å²) in [5.41, 5.74) is 13.4. The van der Waals surface area contributed by atoms with E-state index in [0.29, 0.717) is 0 Å². The molecule has 0 fully saturated rings. The van der Waals surface area contributed by atoms with Crippen molar-refractivity contribution in [3.05, 3.63) is 22.8 Å². The van der Waals surface area contributed by atoms with Crippen molar-refractivity contribution >= 4 is 11.4 Å². The molecule has 3 nitrogen and oxygen atoms in total. The van der Waals surface area contributed by atoms with Crippen molar-refractivity contribution in [2.75, 3.05) is 11.2 Å². The van der Waals surface area contributed by atoms with Crippen molar-refractivity contribution in [3.63, 3.8) is 0 Å². The predicted octanol–water partition coefficient (Wildman–Crippen LogP) is 2.51. The number of nitrogens with two attached hydrogens (primary N) is 2. The van der Waals surface area contributed by atoms with Crippen LogP contribution in [-0.2, 0) is 0 Å². The number of anilines is 2. The van der Waals surface area contributed by atoms with E-state index in [2.05, 4.69) is 11.5 Å². The molecule has 0 unspecified atom stereocenters. The van der Waals surface area contributed by atoms with E-state index in [4.69, 9.17) is 11.6 Å². The van der Waals surface area contributed by atoms with Gasteiger partial charge in [-0.05, 0) is 37.5 Å². The highest BCUT2D eigenvalue weighted by molar-refractivity contribution is 5.74. The minimum absolute atomic E-state index is 0.745. The lowest BCUT2D eigenvalue weighted by atomic mass is 10.0. The molecule has 1 rings (SSSR count). The van der Waals surface area contributed by atoms with Gasteiger partial charge in [-0.3, -0.25) is 5.84 Å². The van der Waals surface area contributed by atoms with Gasteiger partial charge in [-0.15, -0.1) is 0 Å². The van der Waals surface area contributed by atoms with Crippen LogP contribution in [0.1, 0.15) is 30.5 Å². The van der Waals surface area contributed by atoms with E-state index in [1.54, 1.807) is 0 Å². The summed E-state index contributed by atoms with van der Waals surface area (Å²) in [7, 11) is 0. The lowest BCUT2D eigenvalue weighted by Gasteiger charge is -2.13. The summed E-state index contributed by atoms with van der Waals surface area (Å²) in [6, 6.07) is 2.07. The third kappa shape index (κ3) is 2.39. The molecule has 0 bridgehead atoms. The van der Waals surface area contributed by atoms with Gasteiger partial charge in [0.05, 0.1) is 11.4 Å². The van der Waals surface area contributed by atoms with Crippen molar-refractivity contribution in [1.82, 2.24) is 0 Å². The summed E-state index contributed by atoms with van der Waals surface area (Å²) in [6.45, 7) is 10.0. The van der Waals surface area contributed by atoms with Crippen LogP contribution >= 0.6 is 0 Å². The van der Waals surface area contributed by atoms with Gasteiger partial charge in [-0.1, -0.05) is 19.9 Å². The molecule has 0 radical (unpaired) electrons. The molecule has 0 aromatic heterocycles. The van der Waals surface area contributed by atoms with Gasteiger partial charge in [-0.2, -0.15) is 0 Å². The maximum absolute atomic E-state index is 5.85. The van der Waals surface area contributed by atoms with Gasteiger partial charge in [0.1, 0.15) is 0 Å². The second-order valence-electron chi connectivity index (χ2n) is 3.07. The second kappa shape index (κ2) is 5.50. The molecule has 0 atom stereocenters. The first kappa shape index (κ1) is 12.8. The van der Waals surface area contributed by atoms with E-state index in [0.717, 1.165) is 22.5 Å². The van der Waals surface area contributed by atoms with Crippen LogP contribution in [0.2, 0.25) is 0 Å². The van der Waals surface area contributed by atoms with Gasteiger partial charge >= 0.3 is 0 Å². The zero-order valence-electron chi connectivity index (χ0n) is 9.73. The quantitative estimate of drug-likeness (QED) is 0.366. The zero-order valence-corrected chi connectivity index (χ0v) is 9.73. The third-order valence-corrected chi connectivity index (χ3v) is 2.24. The van der Waals surface area contributed by atoms with Crippen LogP contribution in [0, 0.1) is 20.8 Å². The van der Waals surface area contributed by atoms with Gasteiger partial charge in [0.15, 0.2) is 0 Å². The Hall–Kier alpha value is -1.22. The summed E-state index contributed by atoms with van der Waals surface area (Å²) in [5, 5.41) is 0. The fourth-order valence-electron chi connectivity index (χ4n) is 1.31. The molecular formula is C11H21N3. The molecule has 3 heteroatoms. The molecule has 0 aliphatic heterocycles. The van der Waals surface area contributed by atoms with Crippen LogP contribution in [0.15, 0.2) is 6.07 Å². The monoisotopic (exact) mass is 195 g/mol. The van der Waals surface area contributed by atoms with Crippen LogP contribution in [0.4, 0.5) is 11.4 Å². The average Bonchev–Trinajstić information content (AvgIpc) is 2.18. The zero-order chi connectivity index (χ0) is 11.3. The molecule has 0 saturated heterocycles. The molecule has 0 saturated carbocycles. The highest BCUT2D eigenvalue weighted by Crippen LogP contribution is 2.28. The highest BCUT2D eigenvalue weighted by Gasteiger charge is 2.06. The smallest absolute Gasteiger partial charge is 0.0748 e. The molecule has 0 amide bonds. The van der Waals surface area contributed by atoms with E-state index >= 15 is 0 Å². The first-order chi connectivity index (χ1) is 6.57. The largest absolute Gasteiger partial charge is 0.397 e. The maximum Gasteiger partial charge on any atom is 0.0748 e. The molecule has 14 heavy (non-hydrogen) atoms. The Kier molecular flexibility index (Phi) is 5.02. The van der Waals surface area contributed by atoms with Crippen LogP contribution in [0.3, 0.4) is 0 Å². The van der Waals surface area contributed by atoms with Crippen molar-refractivity contribution in [2.45, 2.75) is 34.6 Å². The maximum atomic E-state index is 5.85. The molecule has 1 aromatic rings. The van der Waals surface area contributed by atoms with Crippen LogP contribution < -0.4 is 17.0 Å². The number of aryl methyl sites for hydroxylation is 2. The van der Waals surface area contributed by atoms with Crippen molar-refractivity contribution < 1.29 is 0 Å². The molecule has 0 aliphatic rings. The van der Waals surface area contributed by atoms with E-state index in [1.165, 1.54) is 5.56 Å². The average molecular weight is 195 g/mol. The molecule has 0 heterocycles. The Balaban J connectivity index is 0.000000791. The lowest BCUT2D eigenvalue weighted by Crippen LogP contribution is -2.12. The van der Waals surface area contributed by atoms with E-state index in [9.17, 15) is 0 Å². The van der Waals surface area contributed by atoms with Gasteiger partial charge in [0.25, 0.3) is 0 Å². The number of benzene rings is 1. The van der Waals surface area contributed by atoms with E-state index in [-0.39, 0.29) is 0 Å². The molecule has 80 valence electrons. The van der Waals surface area contributed by atoms with Gasteiger partial charge in [0, 0.05) is 0 Å². The van der Waals surface area contributed by atoms with E-state index in [1.807, 2.05) is 34.6 Å². The number of hydrazine groups is 1. The molecule has 0 aliphatic carbocycles. The lowest BCUT2D eigenvalue weighted by molar-refractivity contribution is 1.26. The van der Waals surface area contributed by atoms with Crippen LogP contribution in [0.5, 0.6) is 0 Å². The Morgan fingerprint density at radius 3 is 2.00 bits per heavy atom. The Bertz CT molecular complexity index is 306. The highest BCUT2D eigenvalue weighted by atomic mass is 15.2. The third-order valence-electron chi connectivity index (χ3n) is 2.24. The molecular weight excluding hydrogens is 174 g/mol. The Morgan fingerprint density at radius 2 is 1.57 bits per heavy atom. The van der Waals surface area contributed by atoms with Crippen molar-refractivity contribution in [2.24, 2.45) is 5.84 Å². The van der Waals surface area contributed by atoms with Gasteiger partial charge in [-0.25, -0.2) is 0 Å². The molecule has 5 N–H and O–H groups in total. The molecule has 0 spiro atoms. The van der Waals surface area contributed by atoms with Crippen molar-refractivity contribution in [3.8, 4) is 0 Å². The minimum atomic E-state index is 0.745. The molecule has 1 aromatic carbocycles. The number of hydrogen-bond donors (Lipinski definition) is 3. The fourth-order valence-corrected chi connectivity index (χ4v) is 1.31. The van der Waals surface area contributed by atoms with Gasteiger partial charge < -0.3 is 11.2 Å². The normalized spacial score (nSPS) is 9.00. The van der Waals surface area contributed by atoms with E-state index < -0.39 is 0 Å². The standard InChI is InChI=1S/C9H15N3.C2H6/c1-5-4-6(2)9(12-11)8(10)7(5)3;1-2/h4,12H,10-11H2,1-3H3;1-2H3. The summed E-state index contributed by atoms with van der Waals surface area (Å²) in [4.78, 5) is 0. The first-order valence-electron chi connectivity index (χ1n) is 4.90. The minimum Gasteiger partial charge on any atom is -0.397 e. The fraction of sp³-hybridized carbons (Fsp3) is 0.455. The first-order valence-corrected chi connectivity index (χ1v) is 4.90. The van der Waals surface area contributed by atoms with Crippen molar-refractivity contribution in [1.29, 1.82) is 0 Å². The van der Waals surface area contributed by atoms with Crippen LogP contribution in [-0.4, -0.2) is 0 Å². The number of rotatable bonds is 1. The summed E-state index contributed by atoms with van der Waals surface area (Å²) >= 11 is 0. The Labute approximate surface area is 86.5 Å². The summed E-state index contributed by atoms with van der Waals surface area (Å²) < 4.78 is 0. The SMILES string of the molecule is CC.Cc1cc(C)c(NN)c(N)c1C. The van der Waals surface area contributed by atoms with Gasteiger partial charge in [0.2, 0.25) is 0 Å². The second-order valence-corrected chi connectivity index (χ2v) is 3.07.